The lowest BCUT2D eigenvalue weighted by Gasteiger charge is -2.29. The molecule has 2 rings (SSSR count). The molecule has 1 aliphatic heterocycles. The summed E-state index contributed by atoms with van der Waals surface area (Å²) >= 11 is 0. The average molecular weight is 268 g/mol. The molecule has 0 aromatic carbocycles. The van der Waals surface area contributed by atoms with E-state index in [4.69, 9.17) is 0 Å². The van der Waals surface area contributed by atoms with E-state index < -0.39 is 0 Å². The fourth-order valence-corrected chi connectivity index (χ4v) is 3.41. The highest BCUT2D eigenvalue weighted by atomic mass is 16.3. The molecule has 1 saturated heterocycles. The maximum atomic E-state index is 12.1. The van der Waals surface area contributed by atoms with Crippen LogP contribution in [-0.4, -0.2) is 36.2 Å². The lowest BCUT2D eigenvalue weighted by molar-refractivity contribution is -0.126. The minimum atomic E-state index is -0.358. The highest BCUT2D eigenvalue weighted by Crippen LogP contribution is 2.26. The van der Waals surface area contributed by atoms with Gasteiger partial charge in [-0.25, -0.2) is 0 Å². The van der Waals surface area contributed by atoms with Crippen molar-refractivity contribution in [3.63, 3.8) is 0 Å². The van der Waals surface area contributed by atoms with Gasteiger partial charge < -0.3 is 15.7 Å². The SMILES string of the molecule is C[C@H]1C[C@@H](C(=O)NCC(O)C2CCCCC2)CCN1. The van der Waals surface area contributed by atoms with Crippen LogP contribution in [0.4, 0.5) is 0 Å². The van der Waals surface area contributed by atoms with Crippen LogP contribution < -0.4 is 10.6 Å². The standard InChI is InChI=1S/C15H28N2O2/c1-11-9-13(7-8-16-11)15(19)17-10-14(18)12-5-3-2-4-6-12/h11-14,16,18H,2-10H2,1H3,(H,17,19)/t11-,13-,14?/m0/s1. The molecule has 4 nitrogen and oxygen atoms in total. The molecule has 0 aromatic heterocycles. The minimum absolute atomic E-state index is 0.120. The van der Waals surface area contributed by atoms with Crippen LogP contribution in [0, 0.1) is 11.8 Å². The summed E-state index contributed by atoms with van der Waals surface area (Å²) in [5.41, 5.74) is 0. The van der Waals surface area contributed by atoms with Crippen LogP contribution in [-0.2, 0) is 4.79 Å². The molecule has 4 heteroatoms. The molecule has 1 heterocycles. The Labute approximate surface area is 116 Å². The first-order valence-electron chi connectivity index (χ1n) is 7.86. The van der Waals surface area contributed by atoms with Crippen LogP contribution in [0.5, 0.6) is 0 Å². The van der Waals surface area contributed by atoms with Crippen molar-refractivity contribution >= 4 is 5.91 Å². The van der Waals surface area contributed by atoms with Crippen molar-refractivity contribution in [3.05, 3.63) is 0 Å². The second-order valence-electron chi connectivity index (χ2n) is 6.29. The normalized spacial score (nSPS) is 30.8. The number of rotatable bonds is 4. The Balaban J connectivity index is 1.70. The van der Waals surface area contributed by atoms with E-state index in [0.29, 0.717) is 18.5 Å². The zero-order valence-electron chi connectivity index (χ0n) is 12.0. The van der Waals surface area contributed by atoms with Crippen LogP contribution in [0.2, 0.25) is 0 Å². The van der Waals surface area contributed by atoms with Gasteiger partial charge in [-0.05, 0) is 45.1 Å². The number of aliphatic hydroxyl groups excluding tert-OH is 1. The number of carbonyl (C=O) groups is 1. The van der Waals surface area contributed by atoms with Gasteiger partial charge in [-0.15, -0.1) is 0 Å². The molecule has 110 valence electrons. The highest BCUT2D eigenvalue weighted by Gasteiger charge is 2.26. The number of aliphatic hydroxyl groups is 1. The predicted molar refractivity (Wildman–Crippen MR) is 75.8 cm³/mol. The fourth-order valence-electron chi connectivity index (χ4n) is 3.41. The third-order valence-corrected chi connectivity index (χ3v) is 4.67. The molecule has 2 aliphatic rings. The molecule has 19 heavy (non-hydrogen) atoms. The van der Waals surface area contributed by atoms with Gasteiger partial charge in [0.25, 0.3) is 0 Å². The van der Waals surface area contributed by atoms with Crippen LogP contribution in [0.25, 0.3) is 0 Å². The molecule has 2 fully saturated rings. The molecule has 0 radical (unpaired) electrons. The first kappa shape index (κ1) is 14.8. The Morgan fingerprint density at radius 3 is 2.74 bits per heavy atom. The molecular weight excluding hydrogens is 240 g/mol. The van der Waals surface area contributed by atoms with Gasteiger partial charge >= 0.3 is 0 Å². The molecule has 3 atom stereocenters. The minimum Gasteiger partial charge on any atom is -0.391 e. The smallest absolute Gasteiger partial charge is 0.223 e. The molecule has 3 N–H and O–H groups in total. The van der Waals surface area contributed by atoms with Crippen molar-refractivity contribution in [2.45, 2.75) is 64.0 Å². The van der Waals surface area contributed by atoms with E-state index in [0.717, 1.165) is 32.2 Å². The van der Waals surface area contributed by atoms with Gasteiger partial charge in [0.15, 0.2) is 0 Å². The number of hydrogen-bond acceptors (Lipinski definition) is 3. The summed E-state index contributed by atoms with van der Waals surface area (Å²) in [5, 5.41) is 16.5. The largest absolute Gasteiger partial charge is 0.391 e. The third-order valence-electron chi connectivity index (χ3n) is 4.67. The fraction of sp³-hybridized carbons (Fsp3) is 0.933. The van der Waals surface area contributed by atoms with Gasteiger partial charge in [-0.1, -0.05) is 19.3 Å². The second kappa shape index (κ2) is 7.25. The summed E-state index contributed by atoms with van der Waals surface area (Å²) in [4.78, 5) is 12.1. The van der Waals surface area contributed by atoms with Crippen LogP contribution in [0.3, 0.4) is 0 Å². The summed E-state index contributed by atoms with van der Waals surface area (Å²) < 4.78 is 0. The molecule has 1 amide bonds. The van der Waals surface area contributed by atoms with E-state index in [1.54, 1.807) is 0 Å². The van der Waals surface area contributed by atoms with E-state index in [-0.39, 0.29) is 17.9 Å². The van der Waals surface area contributed by atoms with Crippen LogP contribution >= 0.6 is 0 Å². The number of nitrogens with one attached hydrogen (secondary N) is 2. The zero-order valence-corrected chi connectivity index (χ0v) is 12.0. The Morgan fingerprint density at radius 1 is 1.32 bits per heavy atom. The molecular formula is C15H28N2O2. The average Bonchev–Trinajstić information content (AvgIpc) is 2.45. The van der Waals surface area contributed by atoms with E-state index in [1.807, 2.05) is 0 Å². The third kappa shape index (κ3) is 4.46. The summed E-state index contributed by atoms with van der Waals surface area (Å²) in [5.74, 6) is 0.638. The summed E-state index contributed by atoms with van der Waals surface area (Å²) in [6.45, 7) is 3.47. The van der Waals surface area contributed by atoms with Crippen LogP contribution in [0.15, 0.2) is 0 Å². The lowest BCUT2D eigenvalue weighted by Crippen LogP contribution is -2.45. The zero-order chi connectivity index (χ0) is 13.7. The number of amides is 1. The number of piperidine rings is 1. The van der Waals surface area contributed by atoms with Gasteiger partial charge in [-0.2, -0.15) is 0 Å². The van der Waals surface area contributed by atoms with Gasteiger partial charge in [0.1, 0.15) is 0 Å². The molecule has 1 aliphatic carbocycles. The highest BCUT2D eigenvalue weighted by molar-refractivity contribution is 5.78. The quantitative estimate of drug-likeness (QED) is 0.723. The number of hydrogen-bond donors (Lipinski definition) is 3. The van der Waals surface area contributed by atoms with Gasteiger partial charge in [0.2, 0.25) is 5.91 Å². The van der Waals surface area contributed by atoms with E-state index >= 15 is 0 Å². The monoisotopic (exact) mass is 268 g/mol. The van der Waals surface area contributed by atoms with Crippen molar-refractivity contribution < 1.29 is 9.90 Å². The predicted octanol–water partition coefficient (Wildman–Crippen LogP) is 1.43. The van der Waals surface area contributed by atoms with Crippen molar-refractivity contribution in [1.29, 1.82) is 0 Å². The van der Waals surface area contributed by atoms with Gasteiger partial charge in [-0.3, -0.25) is 4.79 Å². The van der Waals surface area contributed by atoms with Crippen molar-refractivity contribution in [3.8, 4) is 0 Å². The Bertz CT molecular complexity index is 290. The Hall–Kier alpha value is -0.610. The van der Waals surface area contributed by atoms with Crippen molar-refractivity contribution in [1.82, 2.24) is 10.6 Å². The molecule has 0 spiro atoms. The van der Waals surface area contributed by atoms with E-state index in [1.165, 1.54) is 19.3 Å². The summed E-state index contributed by atoms with van der Waals surface area (Å²) in [6, 6.07) is 0.424. The van der Waals surface area contributed by atoms with Crippen molar-refractivity contribution in [2.24, 2.45) is 11.8 Å². The van der Waals surface area contributed by atoms with Gasteiger partial charge in [0.05, 0.1) is 6.10 Å². The summed E-state index contributed by atoms with van der Waals surface area (Å²) in [6.07, 6.45) is 7.43. The van der Waals surface area contributed by atoms with Gasteiger partial charge in [0, 0.05) is 18.5 Å². The lowest BCUT2D eigenvalue weighted by atomic mass is 9.85. The number of carbonyl (C=O) groups excluding carboxylic acids is 1. The summed E-state index contributed by atoms with van der Waals surface area (Å²) in [7, 11) is 0. The van der Waals surface area contributed by atoms with E-state index in [9.17, 15) is 9.90 Å². The maximum absolute atomic E-state index is 12.1. The molecule has 1 saturated carbocycles. The Kier molecular flexibility index (Phi) is 5.64. The maximum Gasteiger partial charge on any atom is 0.223 e. The first-order chi connectivity index (χ1) is 9.16. The van der Waals surface area contributed by atoms with Crippen LogP contribution in [0.1, 0.15) is 51.9 Å². The van der Waals surface area contributed by atoms with Crippen molar-refractivity contribution in [2.75, 3.05) is 13.1 Å². The molecule has 0 aromatic rings. The second-order valence-corrected chi connectivity index (χ2v) is 6.29. The molecule has 0 bridgehead atoms. The van der Waals surface area contributed by atoms with E-state index in [2.05, 4.69) is 17.6 Å². The molecule has 1 unspecified atom stereocenters. The first-order valence-corrected chi connectivity index (χ1v) is 7.86. The Morgan fingerprint density at radius 2 is 2.05 bits per heavy atom. The topological polar surface area (TPSA) is 61.4 Å².